The van der Waals surface area contributed by atoms with Gasteiger partial charge in [0.25, 0.3) is 0 Å². The molecule has 1 N–H and O–H groups in total. The summed E-state index contributed by atoms with van der Waals surface area (Å²) in [6.07, 6.45) is 2.18. The Hall–Kier alpha value is -1.35. The molecule has 2 heterocycles. The first-order valence-electron chi connectivity index (χ1n) is 6.30. The molecule has 0 aliphatic carbocycles. The number of rotatable bonds is 0. The number of nitrogens with zero attached hydrogens (tertiary/aromatic N) is 1. The van der Waals surface area contributed by atoms with Gasteiger partial charge in [-0.1, -0.05) is 12.1 Å². The highest BCUT2D eigenvalue weighted by Gasteiger charge is 2.34. The van der Waals surface area contributed by atoms with E-state index in [1.165, 1.54) is 22.4 Å². The number of anilines is 1. The predicted molar refractivity (Wildman–Crippen MR) is 68.4 cm³/mol. The van der Waals surface area contributed by atoms with Crippen LogP contribution in [0.5, 0.6) is 0 Å². The summed E-state index contributed by atoms with van der Waals surface area (Å²) in [7, 11) is 0. The maximum absolute atomic E-state index is 12.1. The minimum absolute atomic E-state index is 0.218. The summed E-state index contributed by atoms with van der Waals surface area (Å²) in [4.78, 5) is 14.2. The van der Waals surface area contributed by atoms with E-state index < -0.39 is 0 Å². The van der Waals surface area contributed by atoms with E-state index >= 15 is 0 Å². The molecule has 0 radical (unpaired) electrons. The lowest BCUT2D eigenvalue weighted by Gasteiger charge is -2.42. The van der Waals surface area contributed by atoms with E-state index in [1.54, 1.807) is 0 Å². The van der Waals surface area contributed by atoms with Crippen molar-refractivity contribution in [2.24, 2.45) is 0 Å². The average molecular weight is 230 g/mol. The van der Waals surface area contributed by atoms with E-state index in [1.807, 2.05) is 4.90 Å². The van der Waals surface area contributed by atoms with Crippen molar-refractivity contribution in [3.8, 4) is 0 Å². The number of nitrogens with one attached hydrogen (secondary N) is 1. The molecule has 3 nitrogen and oxygen atoms in total. The zero-order chi connectivity index (χ0) is 12.0. The van der Waals surface area contributed by atoms with E-state index in [0.29, 0.717) is 12.6 Å². The first-order valence-corrected chi connectivity index (χ1v) is 6.30. The van der Waals surface area contributed by atoms with Crippen LogP contribution in [0.2, 0.25) is 0 Å². The Morgan fingerprint density at radius 1 is 1.29 bits per heavy atom. The molecule has 3 rings (SSSR count). The number of piperazine rings is 1. The average Bonchev–Trinajstić information content (AvgIpc) is 2.33. The van der Waals surface area contributed by atoms with E-state index in [4.69, 9.17) is 0 Å². The van der Waals surface area contributed by atoms with Crippen LogP contribution in [0, 0.1) is 13.8 Å². The van der Waals surface area contributed by atoms with Crippen molar-refractivity contribution < 1.29 is 4.79 Å². The largest absolute Gasteiger partial charge is 0.306 e. The summed E-state index contributed by atoms with van der Waals surface area (Å²) >= 11 is 0. The number of benzene rings is 1. The number of aryl methyl sites for hydroxylation is 2. The summed E-state index contributed by atoms with van der Waals surface area (Å²) in [6.45, 7) is 5.66. The quantitative estimate of drug-likeness (QED) is 0.733. The predicted octanol–water partition coefficient (Wildman–Crippen LogP) is 1.55. The van der Waals surface area contributed by atoms with Crippen molar-refractivity contribution in [3.05, 3.63) is 28.8 Å². The lowest BCUT2D eigenvalue weighted by Crippen LogP contribution is -2.57. The summed E-state index contributed by atoms with van der Waals surface area (Å²) in [6, 6.07) is 4.65. The number of amides is 1. The Kier molecular flexibility index (Phi) is 2.44. The molecule has 0 bridgehead atoms. The summed E-state index contributed by atoms with van der Waals surface area (Å²) in [5.41, 5.74) is 5.10. The molecule has 0 aromatic heterocycles. The highest BCUT2D eigenvalue weighted by molar-refractivity contribution is 5.98. The van der Waals surface area contributed by atoms with Gasteiger partial charge < -0.3 is 10.2 Å². The third-order valence-corrected chi connectivity index (χ3v) is 3.98. The molecule has 1 amide bonds. The zero-order valence-corrected chi connectivity index (χ0v) is 10.4. The van der Waals surface area contributed by atoms with Crippen LogP contribution in [0.4, 0.5) is 5.69 Å². The van der Waals surface area contributed by atoms with Crippen LogP contribution < -0.4 is 10.2 Å². The van der Waals surface area contributed by atoms with E-state index in [2.05, 4.69) is 31.3 Å². The minimum Gasteiger partial charge on any atom is -0.306 e. The van der Waals surface area contributed by atoms with Crippen LogP contribution in [0.15, 0.2) is 12.1 Å². The second-order valence-corrected chi connectivity index (χ2v) is 5.11. The van der Waals surface area contributed by atoms with Crippen LogP contribution in [0.1, 0.15) is 23.1 Å². The number of carbonyl (C=O) groups excluding carboxylic acids is 1. The molecule has 2 aliphatic heterocycles. The highest BCUT2D eigenvalue weighted by Crippen LogP contribution is 2.36. The fraction of sp³-hybridized carbons (Fsp3) is 0.500. The van der Waals surface area contributed by atoms with Crippen LogP contribution in [-0.2, 0) is 11.2 Å². The van der Waals surface area contributed by atoms with Crippen LogP contribution in [-0.4, -0.2) is 25.0 Å². The van der Waals surface area contributed by atoms with Crippen LogP contribution in [0.25, 0.3) is 0 Å². The van der Waals surface area contributed by atoms with Gasteiger partial charge in [-0.25, -0.2) is 0 Å². The van der Waals surface area contributed by atoms with Gasteiger partial charge in [-0.3, -0.25) is 4.79 Å². The molecule has 1 atom stereocenters. The van der Waals surface area contributed by atoms with Crippen molar-refractivity contribution in [2.45, 2.75) is 32.7 Å². The first kappa shape index (κ1) is 10.8. The van der Waals surface area contributed by atoms with Gasteiger partial charge in [0.1, 0.15) is 0 Å². The molecular formula is C14H18N2O. The normalized spacial score (nSPS) is 23.3. The third-order valence-electron chi connectivity index (χ3n) is 3.98. The molecule has 1 aromatic carbocycles. The highest BCUT2D eigenvalue weighted by atomic mass is 16.2. The molecule has 3 heteroatoms. The second kappa shape index (κ2) is 3.84. The molecule has 1 aromatic rings. The van der Waals surface area contributed by atoms with Gasteiger partial charge in [0, 0.05) is 12.6 Å². The molecule has 1 unspecified atom stereocenters. The number of hydrogen-bond donors (Lipinski definition) is 1. The molecule has 1 saturated heterocycles. The Morgan fingerprint density at radius 3 is 2.88 bits per heavy atom. The molecule has 0 saturated carbocycles. The first-order chi connectivity index (χ1) is 8.18. The second-order valence-electron chi connectivity index (χ2n) is 5.11. The van der Waals surface area contributed by atoms with Crippen molar-refractivity contribution in [1.82, 2.24) is 5.32 Å². The fourth-order valence-corrected chi connectivity index (χ4v) is 3.08. The van der Waals surface area contributed by atoms with Crippen molar-refractivity contribution in [2.75, 3.05) is 18.0 Å². The molecular weight excluding hydrogens is 212 g/mol. The Balaban J connectivity index is 2.16. The summed E-state index contributed by atoms with van der Waals surface area (Å²) in [5.74, 6) is 0.218. The molecule has 2 aliphatic rings. The number of carbonyl (C=O) groups is 1. The van der Waals surface area contributed by atoms with E-state index in [9.17, 15) is 4.79 Å². The van der Waals surface area contributed by atoms with Gasteiger partial charge in [0.05, 0.1) is 12.2 Å². The maximum Gasteiger partial charge on any atom is 0.241 e. The van der Waals surface area contributed by atoms with Crippen LogP contribution in [0.3, 0.4) is 0 Å². The monoisotopic (exact) mass is 230 g/mol. The zero-order valence-electron chi connectivity index (χ0n) is 10.4. The molecule has 0 spiro atoms. The standard InChI is InChI=1S/C14H18N2O/c1-9-3-4-10(2)14-12(9)6-5-11-7-15-8-13(17)16(11)14/h3-4,11,15H,5-8H2,1-2H3. The minimum atomic E-state index is 0.218. The van der Waals surface area contributed by atoms with Gasteiger partial charge >= 0.3 is 0 Å². The van der Waals surface area contributed by atoms with Crippen molar-refractivity contribution in [3.63, 3.8) is 0 Å². The Bertz CT molecular complexity index is 481. The maximum atomic E-state index is 12.1. The lowest BCUT2D eigenvalue weighted by atomic mass is 9.89. The summed E-state index contributed by atoms with van der Waals surface area (Å²) in [5, 5.41) is 3.21. The molecule has 17 heavy (non-hydrogen) atoms. The Labute approximate surface area is 102 Å². The van der Waals surface area contributed by atoms with Gasteiger partial charge in [0.2, 0.25) is 5.91 Å². The van der Waals surface area contributed by atoms with Gasteiger partial charge in [-0.15, -0.1) is 0 Å². The number of hydrogen-bond acceptors (Lipinski definition) is 2. The Morgan fingerprint density at radius 2 is 2.06 bits per heavy atom. The van der Waals surface area contributed by atoms with E-state index in [-0.39, 0.29) is 5.91 Å². The van der Waals surface area contributed by atoms with Crippen molar-refractivity contribution >= 4 is 11.6 Å². The smallest absolute Gasteiger partial charge is 0.241 e. The van der Waals surface area contributed by atoms with Gasteiger partial charge in [0.15, 0.2) is 0 Å². The number of fused-ring (bicyclic) bond motifs is 3. The molecule has 1 fully saturated rings. The van der Waals surface area contributed by atoms with Gasteiger partial charge in [-0.2, -0.15) is 0 Å². The van der Waals surface area contributed by atoms with Gasteiger partial charge in [-0.05, 0) is 43.4 Å². The topological polar surface area (TPSA) is 32.3 Å². The lowest BCUT2D eigenvalue weighted by molar-refractivity contribution is -0.119. The SMILES string of the molecule is Cc1ccc(C)c2c1CCC1CNCC(=O)N21. The van der Waals surface area contributed by atoms with Crippen LogP contribution >= 0.6 is 0 Å². The molecule has 90 valence electrons. The summed E-state index contributed by atoms with van der Waals surface area (Å²) < 4.78 is 0. The van der Waals surface area contributed by atoms with Crippen molar-refractivity contribution in [1.29, 1.82) is 0 Å². The van der Waals surface area contributed by atoms with E-state index in [0.717, 1.165) is 19.4 Å². The third kappa shape index (κ3) is 1.57. The fourth-order valence-electron chi connectivity index (χ4n) is 3.08.